The van der Waals surface area contributed by atoms with Crippen molar-refractivity contribution in [3.8, 4) is 11.5 Å². The van der Waals surface area contributed by atoms with Gasteiger partial charge in [-0.1, -0.05) is 23.7 Å². The largest absolute Gasteiger partial charge is 0.493 e. The van der Waals surface area contributed by atoms with E-state index >= 15 is 0 Å². The van der Waals surface area contributed by atoms with E-state index in [1.165, 1.54) is 0 Å². The average molecular weight is 477 g/mol. The van der Waals surface area contributed by atoms with Gasteiger partial charge in [-0.3, -0.25) is 0 Å². The molecule has 0 saturated carbocycles. The molecule has 0 aliphatic carbocycles. The standard InChI is InChI=1S/C20H23BrClNO3.ClH/c1-24-19-10-15(11-23-12-17-3-2-8-25-17)9-18(21)20(19)26-13-14-4-6-16(22)7-5-14;/h4-7,9-10,17,23H,2-3,8,11-13H2,1H3;1H. The molecule has 27 heavy (non-hydrogen) atoms. The highest BCUT2D eigenvalue weighted by Gasteiger charge is 2.15. The predicted molar refractivity (Wildman–Crippen MR) is 114 cm³/mol. The fourth-order valence-corrected chi connectivity index (χ4v) is 3.66. The van der Waals surface area contributed by atoms with E-state index in [0.29, 0.717) is 29.2 Å². The second-order valence-electron chi connectivity index (χ2n) is 6.29. The van der Waals surface area contributed by atoms with Crippen molar-refractivity contribution in [1.82, 2.24) is 5.32 Å². The van der Waals surface area contributed by atoms with Crippen LogP contribution in [0.3, 0.4) is 0 Å². The van der Waals surface area contributed by atoms with Gasteiger partial charge < -0.3 is 19.5 Å². The quantitative estimate of drug-likeness (QED) is 0.555. The number of hydrogen-bond donors (Lipinski definition) is 1. The molecule has 2 aromatic carbocycles. The van der Waals surface area contributed by atoms with Crippen LogP contribution >= 0.6 is 39.9 Å². The zero-order chi connectivity index (χ0) is 18.4. The summed E-state index contributed by atoms with van der Waals surface area (Å²) in [4.78, 5) is 0. The number of hydrogen-bond acceptors (Lipinski definition) is 4. The third kappa shape index (κ3) is 6.54. The van der Waals surface area contributed by atoms with Crippen molar-refractivity contribution in [1.29, 1.82) is 0 Å². The predicted octanol–water partition coefficient (Wildman–Crippen LogP) is 5.38. The zero-order valence-corrected chi connectivity index (χ0v) is 18.3. The first-order valence-electron chi connectivity index (χ1n) is 8.71. The Morgan fingerprint density at radius 2 is 2.00 bits per heavy atom. The molecule has 0 radical (unpaired) electrons. The lowest BCUT2D eigenvalue weighted by Crippen LogP contribution is -2.25. The Labute approximate surface area is 180 Å². The minimum atomic E-state index is 0. The molecule has 3 rings (SSSR count). The van der Waals surface area contributed by atoms with Crippen LogP contribution in [0.5, 0.6) is 11.5 Å². The van der Waals surface area contributed by atoms with E-state index < -0.39 is 0 Å². The Balaban J connectivity index is 0.00000261. The highest BCUT2D eigenvalue weighted by molar-refractivity contribution is 9.10. The number of halogens is 3. The third-order valence-electron chi connectivity index (χ3n) is 4.31. The van der Waals surface area contributed by atoms with Crippen LogP contribution in [-0.2, 0) is 17.9 Å². The second-order valence-corrected chi connectivity index (χ2v) is 7.58. The maximum atomic E-state index is 5.97. The molecule has 0 bridgehead atoms. The summed E-state index contributed by atoms with van der Waals surface area (Å²) in [6.07, 6.45) is 2.63. The van der Waals surface area contributed by atoms with Crippen molar-refractivity contribution in [2.45, 2.75) is 32.1 Å². The van der Waals surface area contributed by atoms with Gasteiger partial charge in [-0.2, -0.15) is 0 Å². The monoisotopic (exact) mass is 475 g/mol. The first-order valence-corrected chi connectivity index (χ1v) is 9.89. The molecule has 1 saturated heterocycles. The molecule has 0 aromatic heterocycles. The molecule has 1 aliphatic heterocycles. The van der Waals surface area contributed by atoms with Crippen molar-refractivity contribution in [3.05, 3.63) is 57.0 Å². The smallest absolute Gasteiger partial charge is 0.175 e. The topological polar surface area (TPSA) is 39.7 Å². The van der Waals surface area contributed by atoms with Crippen LogP contribution in [0.25, 0.3) is 0 Å². The van der Waals surface area contributed by atoms with Crippen molar-refractivity contribution in [2.24, 2.45) is 0 Å². The lowest BCUT2D eigenvalue weighted by atomic mass is 10.2. The minimum Gasteiger partial charge on any atom is -0.493 e. The Kier molecular flexibility index (Phi) is 9.19. The van der Waals surface area contributed by atoms with Crippen LogP contribution in [-0.4, -0.2) is 26.4 Å². The molecule has 0 amide bonds. The minimum absolute atomic E-state index is 0. The zero-order valence-electron chi connectivity index (χ0n) is 15.2. The number of ether oxygens (including phenoxy) is 3. The summed E-state index contributed by atoms with van der Waals surface area (Å²) in [6.45, 7) is 2.95. The van der Waals surface area contributed by atoms with Gasteiger partial charge in [-0.05, 0) is 64.2 Å². The van der Waals surface area contributed by atoms with Crippen molar-refractivity contribution >= 4 is 39.9 Å². The number of benzene rings is 2. The van der Waals surface area contributed by atoms with Crippen LogP contribution in [0.1, 0.15) is 24.0 Å². The maximum absolute atomic E-state index is 5.97. The Morgan fingerprint density at radius 3 is 2.67 bits per heavy atom. The van der Waals surface area contributed by atoms with E-state index in [4.69, 9.17) is 25.8 Å². The highest BCUT2D eigenvalue weighted by atomic mass is 79.9. The van der Waals surface area contributed by atoms with Gasteiger partial charge in [0.2, 0.25) is 0 Å². The van der Waals surface area contributed by atoms with Gasteiger partial charge in [-0.15, -0.1) is 12.4 Å². The van der Waals surface area contributed by atoms with Crippen molar-refractivity contribution < 1.29 is 14.2 Å². The first kappa shape index (κ1) is 22.3. The first-order chi connectivity index (χ1) is 12.7. The summed E-state index contributed by atoms with van der Waals surface area (Å²) in [6, 6.07) is 11.7. The van der Waals surface area contributed by atoms with Crippen LogP contribution in [0, 0.1) is 0 Å². The molecular weight excluding hydrogens is 453 g/mol. The molecule has 2 aromatic rings. The van der Waals surface area contributed by atoms with E-state index in [-0.39, 0.29) is 12.4 Å². The summed E-state index contributed by atoms with van der Waals surface area (Å²) in [5, 5.41) is 4.17. The Hall–Kier alpha value is -0.980. The van der Waals surface area contributed by atoms with E-state index in [0.717, 1.165) is 48.1 Å². The average Bonchev–Trinajstić information content (AvgIpc) is 3.15. The van der Waals surface area contributed by atoms with E-state index in [1.54, 1.807) is 7.11 Å². The third-order valence-corrected chi connectivity index (χ3v) is 5.15. The molecule has 1 N–H and O–H groups in total. The molecule has 7 heteroatoms. The fourth-order valence-electron chi connectivity index (χ4n) is 2.93. The molecule has 1 fully saturated rings. The van der Waals surface area contributed by atoms with Gasteiger partial charge in [0, 0.05) is 24.7 Å². The van der Waals surface area contributed by atoms with Crippen LogP contribution in [0.2, 0.25) is 5.02 Å². The Bertz CT molecular complexity index is 722. The van der Waals surface area contributed by atoms with Crippen LogP contribution < -0.4 is 14.8 Å². The summed E-state index contributed by atoms with van der Waals surface area (Å²) < 4.78 is 18.0. The number of methoxy groups -OCH3 is 1. The molecule has 4 nitrogen and oxygen atoms in total. The van der Waals surface area contributed by atoms with E-state index in [9.17, 15) is 0 Å². The van der Waals surface area contributed by atoms with Gasteiger partial charge in [0.15, 0.2) is 11.5 Å². The van der Waals surface area contributed by atoms with E-state index in [1.807, 2.05) is 30.3 Å². The number of nitrogens with one attached hydrogen (secondary N) is 1. The Morgan fingerprint density at radius 1 is 1.22 bits per heavy atom. The molecule has 1 atom stereocenters. The normalized spacial score (nSPS) is 16.0. The van der Waals surface area contributed by atoms with Gasteiger partial charge >= 0.3 is 0 Å². The molecule has 1 unspecified atom stereocenters. The second kappa shape index (κ2) is 11.1. The lowest BCUT2D eigenvalue weighted by molar-refractivity contribution is 0.110. The van der Waals surface area contributed by atoms with Crippen molar-refractivity contribution in [2.75, 3.05) is 20.3 Å². The molecule has 1 heterocycles. The SMILES string of the molecule is COc1cc(CNCC2CCCO2)cc(Br)c1OCc1ccc(Cl)cc1.Cl. The van der Waals surface area contributed by atoms with Gasteiger partial charge in [0.1, 0.15) is 6.61 Å². The molecule has 0 spiro atoms. The number of rotatable bonds is 8. The van der Waals surface area contributed by atoms with Gasteiger partial charge in [0.25, 0.3) is 0 Å². The fraction of sp³-hybridized carbons (Fsp3) is 0.400. The summed E-state index contributed by atoms with van der Waals surface area (Å²) in [5.41, 5.74) is 2.18. The lowest BCUT2D eigenvalue weighted by Gasteiger charge is -2.16. The molecular formula is C20H24BrCl2NO3. The summed E-state index contributed by atoms with van der Waals surface area (Å²) in [7, 11) is 1.65. The molecule has 1 aliphatic rings. The van der Waals surface area contributed by atoms with Gasteiger partial charge in [0.05, 0.1) is 17.7 Å². The van der Waals surface area contributed by atoms with Crippen molar-refractivity contribution in [3.63, 3.8) is 0 Å². The summed E-state index contributed by atoms with van der Waals surface area (Å²) in [5.74, 6) is 1.41. The van der Waals surface area contributed by atoms with Gasteiger partial charge in [-0.25, -0.2) is 0 Å². The van der Waals surface area contributed by atoms with Crippen LogP contribution in [0.4, 0.5) is 0 Å². The highest BCUT2D eigenvalue weighted by Crippen LogP contribution is 2.37. The maximum Gasteiger partial charge on any atom is 0.175 e. The molecule has 148 valence electrons. The summed E-state index contributed by atoms with van der Waals surface area (Å²) >= 11 is 9.52. The van der Waals surface area contributed by atoms with Crippen LogP contribution in [0.15, 0.2) is 40.9 Å². The van der Waals surface area contributed by atoms with E-state index in [2.05, 4.69) is 27.3 Å².